The Morgan fingerprint density at radius 1 is 0.553 bits per heavy atom. The lowest BCUT2D eigenvalue weighted by molar-refractivity contribution is -0.524. The molecule has 28 nitrogen and oxygen atoms in total. The second kappa shape index (κ2) is 38.1. The van der Waals surface area contributed by atoms with Crippen molar-refractivity contribution >= 4 is 65.0 Å². The van der Waals surface area contributed by atoms with Crippen LogP contribution in [0.1, 0.15) is 162 Å². The summed E-state index contributed by atoms with van der Waals surface area (Å²) in [5.41, 5.74) is -1.70. The SMILES string of the molecule is CC=CC[C@@H](C)[C@@H](O)[C@H]1C(=O)N[C@@H](CC)C(=O)N(C)[C@H](CC(CN(C)C)[N+](=O)[O-])C(=O)N(C)[C@@H](CC(C)(C)O)C(=O)N[C@@H](C(C)C)C(=O)N(C)[C@@H](CCC)C(=O)N[C@@H](C)C(=O)N[C@H](C)C(=O)N(C)[C@@H](CC(C)C)C(=O)N(C)[C@@H](CC(C)C)C(=O)N(C)[C@@H](C(C)C)C(=O)N1C. The molecule has 1 fully saturated rings. The molecule has 11 amide bonds. The van der Waals surface area contributed by atoms with Gasteiger partial charge in [-0.15, -0.1) is 0 Å². The molecule has 1 aliphatic heterocycles. The Hall–Kier alpha value is -6.81. The van der Waals surface area contributed by atoms with Crippen LogP contribution < -0.4 is 21.3 Å². The van der Waals surface area contributed by atoms with Gasteiger partial charge in [-0.3, -0.25) is 62.9 Å². The number of likely N-dealkylation sites (N-methyl/N-ethyl adjacent to an activating group) is 8. The maximum absolute atomic E-state index is 15.4. The van der Waals surface area contributed by atoms with E-state index < -0.39 is 185 Å². The van der Waals surface area contributed by atoms with E-state index in [9.17, 15) is 44.3 Å². The van der Waals surface area contributed by atoms with Gasteiger partial charge in [0.1, 0.15) is 66.5 Å². The largest absolute Gasteiger partial charge is 0.390 e. The molecule has 6 N–H and O–H groups in total. The number of carbonyl (C=O) groups is 11. The van der Waals surface area contributed by atoms with Gasteiger partial charge in [0.25, 0.3) is 0 Å². The Bertz CT molecular complexity index is 2630. The van der Waals surface area contributed by atoms with Crippen LogP contribution in [-0.2, 0) is 52.7 Å². The van der Waals surface area contributed by atoms with Crippen LogP contribution >= 0.6 is 0 Å². The maximum atomic E-state index is 15.4. The second-order valence-electron chi connectivity index (χ2n) is 28.3. The van der Waals surface area contributed by atoms with Crippen LogP contribution in [0.4, 0.5) is 0 Å². The van der Waals surface area contributed by atoms with Crippen molar-refractivity contribution in [3.8, 4) is 0 Å². The third kappa shape index (κ3) is 23.8. The van der Waals surface area contributed by atoms with Gasteiger partial charge in [0.15, 0.2) is 0 Å². The Balaban J connectivity index is 4.64. The van der Waals surface area contributed by atoms with Gasteiger partial charge in [0.2, 0.25) is 71.0 Å². The third-order valence-corrected chi connectivity index (χ3v) is 17.6. The first-order valence-corrected chi connectivity index (χ1v) is 33.2. The molecule has 1 unspecified atom stereocenters. The topological polar surface area (TPSA) is 345 Å². The van der Waals surface area contributed by atoms with Crippen molar-refractivity contribution in [2.24, 2.45) is 29.6 Å². The number of rotatable bonds is 20. The van der Waals surface area contributed by atoms with Crippen LogP contribution in [-0.4, -0.2) is 273 Å². The van der Waals surface area contributed by atoms with E-state index in [0.29, 0.717) is 6.42 Å². The molecule has 0 aromatic heterocycles. The minimum Gasteiger partial charge on any atom is -0.390 e. The number of nitrogens with one attached hydrogen (secondary N) is 4. The smallest absolute Gasteiger partial charge is 0.246 e. The van der Waals surface area contributed by atoms with Crippen molar-refractivity contribution in [1.29, 1.82) is 0 Å². The Morgan fingerprint density at radius 2 is 0.989 bits per heavy atom. The minimum absolute atomic E-state index is 0.0836. The summed E-state index contributed by atoms with van der Waals surface area (Å²) in [4.78, 5) is 185. The number of nitrogens with zero attached hydrogens (tertiary/aromatic N) is 9. The molecule has 538 valence electrons. The highest BCUT2D eigenvalue weighted by atomic mass is 16.6. The first-order chi connectivity index (χ1) is 43.3. The van der Waals surface area contributed by atoms with E-state index in [1.54, 1.807) is 81.6 Å². The highest BCUT2D eigenvalue weighted by Crippen LogP contribution is 2.27. The van der Waals surface area contributed by atoms with Gasteiger partial charge in [0.05, 0.1) is 18.2 Å². The number of carbonyl (C=O) groups excluding carboxylic acids is 11. The van der Waals surface area contributed by atoms with Crippen LogP contribution in [0.2, 0.25) is 0 Å². The van der Waals surface area contributed by atoms with Gasteiger partial charge in [0, 0.05) is 67.1 Å². The predicted molar refractivity (Wildman–Crippen MR) is 358 cm³/mol. The molecule has 0 aromatic rings. The lowest BCUT2D eigenvalue weighted by Crippen LogP contribution is -2.64. The summed E-state index contributed by atoms with van der Waals surface area (Å²) in [5.74, 6) is -11.4. The molecule has 1 saturated heterocycles. The first-order valence-electron chi connectivity index (χ1n) is 33.2. The summed E-state index contributed by atoms with van der Waals surface area (Å²) in [6.45, 7) is 26.1. The number of aliphatic hydroxyl groups excluding tert-OH is 1. The summed E-state index contributed by atoms with van der Waals surface area (Å²) in [6.07, 6.45) is 1.52. The number of aliphatic hydroxyl groups is 2. The summed E-state index contributed by atoms with van der Waals surface area (Å²) in [5, 5.41) is 47.2. The fourth-order valence-electron chi connectivity index (χ4n) is 11.8. The maximum Gasteiger partial charge on any atom is 0.246 e. The van der Waals surface area contributed by atoms with Gasteiger partial charge >= 0.3 is 0 Å². The van der Waals surface area contributed by atoms with Gasteiger partial charge in [-0.2, -0.15) is 0 Å². The molecule has 0 bridgehead atoms. The van der Waals surface area contributed by atoms with Crippen molar-refractivity contribution in [2.75, 3.05) is 70.0 Å². The van der Waals surface area contributed by atoms with Crippen LogP contribution in [0.15, 0.2) is 12.2 Å². The summed E-state index contributed by atoms with van der Waals surface area (Å²) < 4.78 is 0. The average Bonchev–Trinajstić information content (AvgIpc) is 0.819. The predicted octanol–water partition coefficient (Wildman–Crippen LogP) is 2.10. The molecule has 28 heteroatoms. The van der Waals surface area contributed by atoms with E-state index in [0.717, 1.165) is 19.6 Å². The summed E-state index contributed by atoms with van der Waals surface area (Å²) in [6, 6.07) is -17.1. The van der Waals surface area contributed by atoms with E-state index in [2.05, 4.69) is 21.3 Å². The molecule has 94 heavy (non-hydrogen) atoms. The Labute approximate surface area is 559 Å². The van der Waals surface area contributed by atoms with Gasteiger partial charge < -0.3 is 70.7 Å². The monoisotopic (exact) mass is 1330 g/mol. The second-order valence-corrected chi connectivity index (χ2v) is 28.3. The summed E-state index contributed by atoms with van der Waals surface area (Å²) in [7, 11) is 12.5. The number of hydrogen-bond donors (Lipinski definition) is 6. The highest BCUT2D eigenvalue weighted by molar-refractivity contribution is 6.00. The van der Waals surface area contributed by atoms with Gasteiger partial charge in [-0.05, 0) is 110 Å². The molecule has 1 rings (SSSR count). The molecule has 0 aromatic carbocycles. The van der Waals surface area contributed by atoms with Crippen molar-refractivity contribution < 1.29 is 67.9 Å². The third-order valence-electron chi connectivity index (χ3n) is 17.6. The molecule has 0 radical (unpaired) electrons. The van der Waals surface area contributed by atoms with Crippen LogP contribution in [0.3, 0.4) is 0 Å². The first kappa shape index (κ1) is 85.2. The Kier molecular flexibility index (Phi) is 34.5. The van der Waals surface area contributed by atoms with Crippen LogP contribution in [0, 0.1) is 39.7 Å². The molecule has 14 atom stereocenters. The number of allylic oxidation sites excluding steroid dienone is 2. The van der Waals surface area contributed by atoms with Gasteiger partial charge in [-0.1, -0.05) is 94.7 Å². The lowest BCUT2D eigenvalue weighted by atomic mass is 9.91. The molecule has 0 spiro atoms. The lowest BCUT2D eigenvalue weighted by Gasteiger charge is -2.41. The molecule has 1 heterocycles. The van der Waals surface area contributed by atoms with E-state index in [1.807, 2.05) is 27.7 Å². The van der Waals surface area contributed by atoms with Crippen molar-refractivity contribution in [3.05, 3.63) is 22.3 Å². The quantitative estimate of drug-likeness (QED) is 0.0578. The van der Waals surface area contributed by atoms with Crippen LogP contribution in [0.5, 0.6) is 0 Å². The normalized spacial score (nSPS) is 26.7. The van der Waals surface area contributed by atoms with Crippen LogP contribution in [0.25, 0.3) is 0 Å². The average molecular weight is 1330 g/mol. The number of nitro groups is 1. The summed E-state index contributed by atoms with van der Waals surface area (Å²) >= 11 is 0. The fraction of sp³-hybridized carbons (Fsp3) is 0.803. The Morgan fingerprint density at radius 3 is 1.43 bits per heavy atom. The molecule has 0 saturated carbocycles. The van der Waals surface area contributed by atoms with Crippen molar-refractivity contribution in [1.82, 2.24) is 60.5 Å². The molecule has 1 aliphatic rings. The zero-order valence-corrected chi connectivity index (χ0v) is 61.1. The van der Waals surface area contributed by atoms with Crippen molar-refractivity contribution in [2.45, 2.75) is 246 Å². The van der Waals surface area contributed by atoms with E-state index in [1.165, 1.54) is 96.6 Å². The minimum atomic E-state index is -1.75. The number of amides is 11. The molecular formula is C66H119N13O15. The van der Waals surface area contributed by atoms with Gasteiger partial charge in [-0.25, -0.2) is 0 Å². The van der Waals surface area contributed by atoms with E-state index >= 15 is 28.8 Å². The fourth-order valence-corrected chi connectivity index (χ4v) is 11.8. The van der Waals surface area contributed by atoms with Crippen molar-refractivity contribution in [3.63, 3.8) is 0 Å². The zero-order valence-electron chi connectivity index (χ0n) is 61.1. The highest BCUT2D eigenvalue weighted by Gasteiger charge is 2.47. The van der Waals surface area contributed by atoms with E-state index in [4.69, 9.17) is 0 Å². The van der Waals surface area contributed by atoms with E-state index in [-0.39, 0.29) is 50.5 Å². The zero-order chi connectivity index (χ0) is 73.0. The molecular weight excluding hydrogens is 1210 g/mol. The standard InChI is InChI=1S/C66H119N13O15/c1-26-29-31-41(12)54(80)53-58(84)69-45(28-3)60(86)74(21)49(34-44(79(93)94)36-71(17)18)62(88)76(23)50(35-66(15,16)92)57(83)70-51(39(8)9)64(90)72(19)46(30-27-2)56(82)67-42(13)55(81)68-43(14)59(85)73(20)47(32-37(4)5)61(87)75(22)48(33-38(6)7)63(89)77(24)52(40(10)11)65(91)78(53)25/h26,29,37-54,80,92H,27-28,30-36H2,1-25H3,(H,67,82)(H,68,81)(H,69,84)(H,70,83)/t41-,42+,43-,44?,45+,46+,47+,48+,49-,50+,51+,52+,53+,54-/m1/s1. The number of hydrogen-bond acceptors (Lipinski definition) is 16. The molecule has 0 aliphatic carbocycles.